The topological polar surface area (TPSA) is 81.2 Å². The van der Waals surface area contributed by atoms with Gasteiger partial charge in [0.05, 0.1) is 23.7 Å². The van der Waals surface area contributed by atoms with Crippen molar-refractivity contribution in [2.24, 2.45) is 0 Å². The van der Waals surface area contributed by atoms with Gasteiger partial charge in [-0.05, 0) is 18.2 Å². The molecular formula is C19H16ClN3O3S. The molecule has 3 rings (SSSR count). The molecular weight excluding hydrogens is 386 g/mol. The molecule has 0 radical (unpaired) electrons. The van der Waals surface area contributed by atoms with E-state index in [1.54, 1.807) is 30.6 Å². The van der Waals surface area contributed by atoms with Crippen LogP contribution in [-0.2, 0) is 16.0 Å². The van der Waals surface area contributed by atoms with E-state index in [9.17, 15) is 9.59 Å². The Kier molecular flexibility index (Phi) is 6.51. The van der Waals surface area contributed by atoms with E-state index in [1.165, 1.54) is 11.3 Å². The summed E-state index contributed by atoms with van der Waals surface area (Å²) in [5, 5.41) is 5.86. The van der Waals surface area contributed by atoms with Crippen LogP contribution in [0.3, 0.4) is 0 Å². The van der Waals surface area contributed by atoms with Gasteiger partial charge in [0.1, 0.15) is 11.6 Å². The maximum atomic E-state index is 11.9. The number of thiazole rings is 1. The minimum Gasteiger partial charge on any atom is -0.464 e. The quantitative estimate of drug-likeness (QED) is 0.485. The minimum atomic E-state index is -0.399. The number of esters is 1. The lowest BCUT2D eigenvalue weighted by molar-refractivity contribution is -0.142. The van der Waals surface area contributed by atoms with Crippen LogP contribution in [0, 0.1) is 0 Å². The predicted molar refractivity (Wildman–Crippen MR) is 104 cm³/mol. The van der Waals surface area contributed by atoms with Gasteiger partial charge in [-0.2, -0.15) is 0 Å². The molecule has 3 aromatic rings. The molecule has 1 N–H and O–H groups in total. The molecule has 2 heterocycles. The number of amides is 1. The number of pyridine rings is 1. The Morgan fingerprint density at radius 2 is 1.93 bits per heavy atom. The second-order valence-electron chi connectivity index (χ2n) is 5.51. The molecule has 0 spiro atoms. The van der Waals surface area contributed by atoms with Gasteiger partial charge in [-0.25, -0.2) is 4.98 Å². The Labute approximate surface area is 165 Å². The monoisotopic (exact) mass is 401 g/mol. The van der Waals surface area contributed by atoms with Gasteiger partial charge in [-0.1, -0.05) is 29.8 Å². The molecule has 8 heteroatoms. The summed E-state index contributed by atoms with van der Waals surface area (Å²) >= 11 is 7.59. The van der Waals surface area contributed by atoms with E-state index >= 15 is 0 Å². The minimum absolute atomic E-state index is 0.0687. The fourth-order valence-corrected chi connectivity index (χ4v) is 3.42. The number of nitrogens with one attached hydrogen (secondary N) is 1. The zero-order valence-electron chi connectivity index (χ0n) is 14.2. The van der Waals surface area contributed by atoms with Crippen LogP contribution in [0.1, 0.15) is 16.1 Å². The fourth-order valence-electron chi connectivity index (χ4n) is 2.28. The van der Waals surface area contributed by atoms with E-state index in [2.05, 4.69) is 15.3 Å². The lowest BCUT2D eigenvalue weighted by Gasteiger charge is -2.06. The van der Waals surface area contributed by atoms with Crippen molar-refractivity contribution >= 4 is 34.8 Å². The van der Waals surface area contributed by atoms with Gasteiger partial charge < -0.3 is 10.1 Å². The van der Waals surface area contributed by atoms with Gasteiger partial charge in [0, 0.05) is 28.9 Å². The van der Waals surface area contributed by atoms with E-state index in [0.717, 1.165) is 10.6 Å². The molecule has 0 saturated carbocycles. The van der Waals surface area contributed by atoms with Crippen LogP contribution in [0.15, 0.2) is 54.2 Å². The number of rotatable bonds is 7. The number of nitrogens with zero attached hydrogens (tertiary/aromatic N) is 2. The van der Waals surface area contributed by atoms with Crippen LogP contribution < -0.4 is 5.32 Å². The number of hydrogen-bond acceptors (Lipinski definition) is 6. The third-order valence-corrected chi connectivity index (χ3v) is 4.83. The van der Waals surface area contributed by atoms with Crippen molar-refractivity contribution < 1.29 is 14.3 Å². The van der Waals surface area contributed by atoms with Crippen molar-refractivity contribution in [1.29, 1.82) is 0 Å². The molecule has 0 fully saturated rings. The number of halogens is 1. The lowest BCUT2D eigenvalue weighted by atomic mass is 10.2. The van der Waals surface area contributed by atoms with E-state index < -0.39 is 5.97 Å². The molecule has 2 aromatic heterocycles. The number of carbonyl (C=O) groups excluding carboxylic acids is 2. The van der Waals surface area contributed by atoms with Crippen LogP contribution in [0.25, 0.3) is 10.6 Å². The zero-order chi connectivity index (χ0) is 19.1. The summed E-state index contributed by atoms with van der Waals surface area (Å²) in [6.45, 7) is 0.325. The van der Waals surface area contributed by atoms with Gasteiger partial charge in [-0.3, -0.25) is 14.6 Å². The van der Waals surface area contributed by atoms with Crippen LogP contribution >= 0.6 is 22.9 Å². The molecule has 27 heavy (non-hydrogen) atoms. The zero-order valence-corrected chi connectivity index (χ0v) is 15.8. The SMILES string of the molecule is O=C(Cc1csc(-c2ccccc2Cl)n1)OCCNC(=O)c1ccncc1. The van der Waals surface area contributed by atoms with Crippen LogP contribution in [0.5, 0.6) is 0 Å². The lowest BCUT2D eigenvalue weighted by Crippen LogP contribution is -2.28. The van der Waals surface area contributed by atoms with Crippen LogP contribution in [0.2, 0.25) is 5.02 Å². The maximum absolute atomic E-state index is 11.9. The summed E-state index contributed by atoms with van der Waals surface area (Å²) < 4.78 is 5.14. The third-order valence-electron chi connectivity index (χ3n) is 3.57. The fraction of sp³-hybridized carbons (Fsp3) is 0.158. The van der Waals surface area contributed by atoms with Crippen molar-refractivity contribution in [2.45, 2.75) is 6.42 Å². The maximum Gasteiger partial charge on any atom is 0.311 e. The molecule has 0 aliphatic heterocycles. The average Bonchev–Trinajstić information content (AvgIpc) is 3.14. The second kappa shape index (κ2) is 9.25. The highest BCUT2D eigenvalue weighted by Gasteiger charge is 2.12. The number of benzene rings is 1. The highest BCUT2D eigenvalue weighted by atomic mass is 35.5. The smallest absolute Gasteiger partial charge is 0.311 e. The average molecular weight is 402 g/mol. The van der Waals surface area contributed by atoms with E-state index in [1.807, 2.05) is 23.6 Å². The molecule has 0 unspecified atom stereocenters. The summed E-state index contributed by atoms with van der Waals surface area (Å²) in [6.07, 6.45) is 3.15. The first-order valence-electron chi connectivity index (χ1n) is 8.16. The summed E-state index contributed by atoms with van der Waals surface area (Å²) in [7, 11) is 0. The van der Waals surface area contributed by atoms with Crippen molar-refractivity contribution in [3.63, 3.8) is 0 Å². The number of carbonyl (C=O) groups is 2. The van der Waals surface area contributed by atoms with Gasteiger partial charge in [0.15, 0.2) is 0 Å². The molecule has 0 aliphatic rings. The largest absolute Gasteiger partial charge is 0.464 e. The molecule has 0 aliphatic carbocycles. The van der Waals surface area contributed by atoms with Crippen molar-refractivity contribution in [2.75, 3.05) is 13.2 Å². The Balaban J connectivity index is 1.44. The summed E-state index contributed by atoms with van der Waals surface area (Å²) in [5.41, 5.74) is 1.97. The van der Waals surface area contributed by atoms with Gasteiger partial charge in [0.2, 0.25) is 0 Å². The van der Waals surface area contributed by atoms with Crippen molar-refractivity contribution in [1.82, 2.24) is 15.3 Å². The number of ether oxygens (including phenoxy) is 1. The van der Waals surface area contributed by atoms with Crippen molar-refractivity contribution in [3.05, 3.63) is 70.5 Å². The van der Waals surface area contributed by atoms with Crippen LogP contribution in [0.4, 0.5) is 0 Å². The molecule has 1 aromatic carbocycles. The highest BCUT2D eigenvalue weighted by Crippen LogP contribution is 2.30. The first-order valence-corrected chi connectivity index (χ1v) is 9.42. The first kappa shape index (κ1) is 19.0. The van der Waals surface area contributed by atoms with E-state index in [0.29, 0.717) is 16.3 Å². The normalized spacial score (nSPS) is 10.4. The molecule has 0 atom stereocenters. The standard InChI is InChI=1S/C19H16ClN3O3S/c20-16-4-2-1-3-15(16)19-23-14(12-27-19)11-17(24)26-10-9-22-18(25)13-5-7-21-8-6-13/h1-8,12H,9-11H2,(H,22,25). The predicted octanol–water partition coefficient (Wildman–Crippen LogP) is 3.37. The summed E-state index contributed by atoms with van der Waals surface area (Å²) in [4.78, 5) is 32.1. The second-order valence-corrected chi connectivity index (χ2v) is 6.78. The Morgan fingerprint density at radius 1 is 1.15 bits per heavy atom. The van der Waals surface area contributed by atoms with E-state index in [4.69, 9.17) is 16.3 Å². The molecule has 0 saturated heterocycles. The van der Waals surface area contributed by atoms with Gasteiger partial charge in [-0.15, -0.1) is 11.3 Å². The van der Waals surface area contributed by atoms with Crippen LogP contribution in [-0.4, -0.2) is 35.0 Å². The molecule has 6 nitrogen and oxygen atoms in total. The van der Waals surface area contributed by atoms with Gasteiger partial charge >= 0.3 is 5.97 Å². The molecule has 138 valence electrons. The highest BCUT2D eigenvalue weighted by molar-refractivity contribution is 7.13. The number of aromatic nitrogens is 2. The summed E-state index contributed by atoms with van der Waals surface area (Å²) in [5.74, 6) is -0.637. The van der Waals surface area contributed by atoms with Gasteiger partial charge in [0.25, 0.3) is 5.91 Å². The Bertz CT molecular complexity index is 931. The number of hydrogen-bond donors (Lipinski definition) is 1. The first-order chi connectivity index (χ1) is 13.1. The Hall–Kier alpha value is -2.77. The molecule has 1 amide bonds. The summed E-state index contributed by atoms with van der Waals surface area (Å²) in [6, 6.07) is 10.6. The Morgan fingerprint density at radius 3 is 2.70 bits per heavy atom. The third kappa shape index (κ3) is 5.35. The van der Waals surface area contributed by atoms with Crippen molar-refractivity contribution in [3.8, 4) is 10.6 Å². The molecule has 0 bridgehead atoms. The van der Waals surface area contributed by atoms with E-state index in [-0.39, 0.29) is 25.5 Å².